The van der Waals surface area contributed by atoms with E-state index in [-0.39, 0.29) is 17.2 Å². The minimum absolute atomic E-state index is 0.0795. The minimum atomic E-state index is 0.0795. The predicted octanol–water partition coefficient (Wildman–Crippen LogP) is 0.293. The van der Waals surface area contributed by atoms with Crippen LogP contribution < -0.4 is 10.6 Å². The molecule has 0 bridgehead atoms. The molecule has 6 heteroatoms. The number of carbonyl (C=O) groups excluding carboxylic acids is 2. The summed E-state index contributed by atoms with van der Waals surface area (Å²) in [5, 5.41) is 5.80. The molecule has 0 aliphatic carbocycles. The second kappa shape index (κ2) is 9.10. The Bertz CT molecular complexity index is 358. The van der Waals surface area contributed by atoms with Gasteiger partial charge in [-0.15, -0.1) is 0 Å². The highest BCUT2D eigenvalue weighted by molar-refractivity contribution is 5.78. The van der Waals surface area contributed by atoms with Crippen LogP contribution in [0.5, 0.6) is 0 Å². The highest BCUT2D eigenvalue weighted by atomic mass is 16.2. The molecule has 1 aliphatic rings. The standard InChI is InChI=1S/C16H32N4O2/c1-5-17-14(21)12-19-8-10-20(11-9-19)13-15(22)18-7-6-16(2,3)4/h5-13H2,1-4H3,(H,17,21)(H,18,22). The van der Waals surface area contributed by atoms with E-state index in [9.17, 15) is 9.59 Å². The lowest BCUT2D eigenvalue weighted by molar-refractivity contribution is -0.125. The van der Waals surface area contributed by atoms with E-state index >= 15 is 0 Å². The average molecular weight is 312 g/mol. The molecular weight excluding hydrogens is 280 g/mol. The Kier molecular flexibility index (Phi) is 7.82. The van der Waals surface area contributed by atoms with Gasteiger partial charge in [0.15, 0.2) is 0 Å². The molecule has 0 aromatic heterocycles. The second-order valence-electron chi connectivity index (χ2n) is 7.17. The van der Waals surface area contributed by atoms with Gasteiger partial charge in [-0.2, -0.15) is 0 Å². The van der Waals surface area contributed by atoms with Crippen LogP contribution in [0.15, 0.2) is 0 Å². The highest BCUT2D eigenvalue weighted by Crippen LogP contribution is 2.16. The molecule has 2 amide bonds. The Morgan fingerprint density at radius 2 is 1.36 bits per heavy atom. The van der Waals surface area contributed by atoms with Crippen LogP contribution in [0.4, 0.5) is 0 Å². The van der Waals surface area contributed by atoms with E-state index in [4.69, 9.17) is 0 Å². The zero-order valence-electron chi connectivity index (χ0n) is 14.6. The molecule has 0 atom stereocenters. The topological polar surface area (TPSA) is 64.7 Å². The van der Waals surface area contributed by atoms with Gasteiger partial charge < -0.3 is 10.6 Å². The van der Waals surface area contributed by atoms with Gasteiger partial charge in [-0.25, -0.2) is 0 Å². The van der Waals surface area contributed by atoms with Crippen LogP contribution in [0.3, 0.4) is 0 Å². The fourth-order valence-electron chi connectivity index (χ4n) is 2.40. The minimum Gasteiger partial charge on any atom is -0.355 e. The van der Waals surface area contributed by atoms with E-state index in [0.717, 1.165) is 39.1 Å². The van der Waals surface area contributed by atoms with Crippen LogP contribution in [0, 0.1) is 5.41 Å². The maximum atomic E-state index is 11.9. The SMILES string of the molecule is CCNC(=O)CN1CCN(CC(=O)NCCC(C)(C)C)CC1. The molecule has 0 radical (unpaired) electrons. The maximum Gasteiger partial charge on any atom is 0.234 e. The molecular formula is C16H32N4O2. The fraction of sp³-hybridized carbons (Fsp3) is 0.875. The van der Waals surface area contributed by atoms with Crippen LogP contribution in [0.25, 0.3) is 0 Å². The zero-order valence-corrected chi connectivity index (χ0v) is 14.6. The second-order valence-corrected chi connectivity index (χ2v) is 7.17. The maximum absolute atomic E-state index is 11.9. The number of nitrogens with one attached hydrogen (secondary N) is 2. The van der Waals surface area contributed by atoms with Crippen LogP contribution in [-0.4, -0.2) is 74.0 Å². The quantitative estimate of drug-likeness (QED) is 0.709. The lowest BCUT2D eigenvalue weighted by atomic mass is 9.92. The van der Waals surface area contributed by atoms with Crippen LogP contribution in [0.2, 0.25) is 0 Å². The summed E-state index contributed by atoms with van der Waals surface area (Å²) >= 11 is 0. The van der Waals surface area contributed by atoms with Gasteiger partial charge in [0.2, 0.25) is 11.8 Å². The van der Waals surface area contributed by atoms with Crippen molar-refractivity contribution in [2.24, 2.45) is 5.41 Å². The van der Waals surface area contributed by atoms with Crippen molar-refractivity contribution in [3.63, 3.8) is 0 Å². The number of nitrogens with zero attached hydrogens (tertiary/aromatic N) is 2. The Morgan fingerprint density at radius 1 is 0.909 bits per heavy atom. The van der Waals surface area contributed by atoms with Crippen molar-refractivity contribution in [2.75, 3.05) is 52.4 Å². The van der Waals surface area contributed by atoms with Crippen molar-refractivity contribution in [3.05, 3.63) is 0 Å². The molecule has 1 heterocycles. The van der Waals surface area contributed by atoms with Gasteiger partial charge >= 0.3 is 0 Å². The summed E-state index contributed by atoms with van der Waals surface area (Å²) in [5.74, 6) is 0.178. The number of carbonyl (C=O) groups is 2. The van der Waals surface area contributed by atoms with Crippen molar-refractivity contribution in [3.8, 4) is 0 Å². The fourth-order valence-corrected chi connectivity index (χ4v) is 2.40. The van der Waals surface area contributed by atoms with Gasteiger partial charge in [0.05, 0.1) is 13.1 Å². The van der Waals surface area contributed by atoms with Gasteiger partial charge in [-0.1, -0.05) is 20.8 Å². The predicted molar refractivity (Wildman–Crippen MR) is 88.6 cm³/mol. The first kappa shape index (κ1) is 18.9. The van der Waals surface area contributed by atoms with Gasteiger partial charge in [-0.05, 0) is 18.8 Å². The molecule has 22 heavy (non-hydrogen) atoms. The molecule has 1 aliphatic heterocycles. The normalized spacial score (nSPS) is 17.3. The summed E-state index contributed by atoms with van der Waals surface area (Å²) < 4.78 is 0. The van der Waals surface area contributed by atoms with Crippen LogP contribution >= 0.6 is 0 Å². The molecule has 0 aromatic carbocycles. The third-order valence-corrected chi connectivity index (χ3v) is 3.77. The van der Waals surface area contributed by atoms with Crippen molar-refractivity contribution in [1.29, 1.82) is 0 Å². The number of rotatable bonds is 7. The average Bonchev–Trinajstić information content (AvgIpc) is 2.39. The number of hydrogen-bond donors (Lipinski definition) is 2. The molecule has 1 fully saturated rings. The number of hydrogen-bond acceptors (Lipinski definition) is 4. The molecule has 6 nitrogen and oxygen atoms in total. The van der Waals surface area contributed by atoms with E-state index in [0.29, 0.717) is 19.6 Å². The Hall–Kier alpha value is -1.14. The number of amides is 2. The molecule has 0 aromatic rings. The van der Waals surface area contributed by atoms with Crippen molar-refractivity contribution < 1.29 is 9.59 Å². The van der Waals surface area contributed by atoms with Crippen LogP contribution in [0.1, 0.15) is 34.1 Å². The van der Waals surface area contributed by atoms with Crippen molar-refractivity contribution >= 4 is 11.8 Å². The first-order valence-electron chi connectivity index (χ1n) is 8.28. The lowest BCUT2D eigenvalue weighted by Gasteiger charge is -2.33. The molecule has 128 valence electrons. The third-order valence-electron chi connectivity index (χ3n) is 3.77. The van der Waals surface area contributed by atoms with Crippen LogP contribution in [-0.2, 0) is 9.59 Å². The first-order valence-corrected chi connectivity index (χ1v) is 8.28. The third kappa shape index (κ3) is 8.34. The molecule has 0 spiro atoms. The molecule has 2 N–H and O–H groups in total. The van der Waals surface area contributed by atoms with Gasteiger partial charge in [0, 0.05) is 39.3 Å². The number of piperazine rings is 1. The Labute approximate surface area is 134 Å². The van der Waals surface area contributed by atoms with Gasteiger partial charge in [0.25, 0.3) is 0 Å². The van der Waals surface area contributed by atoms with E-state index in [1.165, 1.54) is 0 Å². The summed E-state index contributed by atoms with van der Waals surface area (Å²) in [6, 6.07) is 0. The van der Waals surface area contributed by atoms with Gasteiger partial charge in [0.1, 0.15) is 0 Å². The van der Waals surface area contributed by atoms with Gasteiger partial charge in [-0.3, -0.25) is 19.4 Å². The smallest absolute Gasteiger partial charge is 0.234 e. The molecule has 0 saturated carbocycles. The van der Waals surface area contributed by atoms with E-state index < -0.39 is 0 Å². The summed E-state index contributed by atoms with van der Waals surface area (Å²) in [4.78, 5) is 27.7. The Balaban J connectivity index is 2.17. The monoisotopic (exact) mass is 312 g/mol. The van der Waals surface area contributed by atoms with Crippen molar-refractivity contribution in [2.45, 2.75) is 34.1 Å². The lowest BCUT2D eigenvalue weighted by Crippen LogP contribution is -2.51. The van der Waals surface area contributed by atoms with E-state index in [2.05, 4.69) is 41.2 Å². The molecule has 0 unspecified atom stereocenters. The van der Waals surface area contributed by atoms with Crippen molar-refractivity contribution in [1.82, 2.24) is 20.4 Å². The summed E-state index contributed by atoms with van der Waals surface area (Å²) in [7, 11) is 0. The summed E-state index contributed by atoms with van der Waals surface area (Å²) in [6.45, 7) is 14.1. The largest absolute Gasteiger partial charge is 0.355 e. The summed E-state index contributed by atoms with van der Waals surface area (Å²) in [6.07, 6.45) is 0.985. The highest BCUT2D eigenvalue weighted by Gasteiger charge is 2.20. The number of likely N-dealkylation sites (N-methyl/N-ethyl adjacent to an activating group) is 1. The Morgan fingerprint density at radius 3 is 1.77 bits per heavy atom. The molecule has 1 rings (SSSR count). The van der Waals surface area contributed by atoms with E-state index in [1.807, 2.05) is 6.92 Å². The molecule has 1 saturated heterocycles. The zero-order chi connectivity index (χ0) is 16.6. The van der Waals surface area contributed by atoms with E-state index in [1.54, 1.807) is 0 Å². The first-order chi connectivity index (χ1) is 10.3. The summed E-state index contributed by atoms with van der Waals surface area (Å²) in [5.41, 5.74) is 0.248.